The summed E-state index contributed by atoms with van der Waals surface area (Å²) >= 11 is 0. The maximum atomic E-state index is 10.6. The second kappa shape index (κ2) is 5.72. The molecule has 0 bridgehead atoms. The molecule has 1 atom stereocenters. The molecule has 3 heteroatoms. The van der Waals surface area contributed by atoms with E-state index in [1.165, 1.54) is 0 Å². The van der Waals surface area contributed by atoms with Crippen molar-refractivity contribution < 1.29 is 9.84 Å². The molecule has 18 heavy (non-hydrogen) atoms. The van der Waals surface area contributed by atoms with Crippen LogP contribution in [0.2, 0.25) is 0 Å². The van der Waals surface area contributed by atoms with Gasteiger partial charge in [0.25, 0.3) is 0 Å². The van der Waals surface area contributed by atoms with E-state index in [1.807, 2.05) is 32.9 Å². The SMILES string of the molecule is COc1cc(C)c(C(C)(O)CNC(C)C)cc1C. The highest BCUT2D eigenvalue weighted by Crippen LogP contribution is 2.29. The van der Waals surface area contributed by atoms with Crippen molar-refractivity contribution in [2.45, 2.75) is 46.3 Å². The third-order valence-electron chi connectivity index (χ3n) is 3.18. The first kappa shape index (κ1) is 15.0. The molecule has 1 aromatic carbocycles. The summed E-state index contributed by atoms with van der Waals surface area (Å²) in [6, 6.07) is 4.35. The van der Waals surface area contributed by atoms with Crippen molar-refractivity contribution in [1.29, 1.82) is 0 Å². The Morgan fingerprint density at radius 1 is 1.28 bits per heavy atom. The van der Waals surface area contributed by atoms with Crippen molar-refractivity contribution >= 4 is 0 Å². The number of benzene rings is 1. The Morgan fingerprint density at radius 3 is 2.39 bits per heavy atom. The number of hydrogen-bond acceptors (Lipinski definition) is 3. The molecular weight excluding hydrogens is 226 g/mol. The Hall–Kier alpha value is -1.06. The second-order valence-electron chi connectivity index (χ2n) is 5.45. The van der Waals surface area contributed by atoms with Gasteiger partial charge in [-0.05, 0) is 49.6 Å². The first-order chi connectivity index (χ1) is 8.27. The number of ether oxygens (including phenoxy) is 1. The summed E-state index contributed by atoms with van der Waals surface area (Å²) in [6.45, 7) is 10.5. The summed E-state index contributed by atoms with van der Waals surface area (Å²) in [7, 11) is 1.67. The highest BCUT2D eigenvalue weighted by Gasteiger charge is 2.25. The Labute approximate surface area is 110 Å². The topological polar surface area (TPSA) is 41.5 Å². The predicted octanol–water partition coefficient (Wildman–Crippen LogP) is 2.52. The van der Waals surface area contributed by atoms with Crippen molar-refractivity contribution in [2.75, 3.05) is 13.7 Å². The average molecular weight is 251 g/mol. The van der Waals surface area contributed by atoms with Crippen LogP contribution in [0.1, 0.15) is 37.5 Å². The molecule has 0 heterocycles. The fourth-order valence-corrected chi connectivity index (χ4v) is 2.09. The molecule has 0 saturated heterocycles. The van der Waals surface area contributed by atoms with Crippen LogP contribution in [0.3, 0.4) is 0 Å². The minimum Gasteiger partial charge on any atom is -0.496 e. The molecule has 1 unspecified atom stereocenters. The summed E-state index contributed by atoms with van der Waals surface area (Å²) in [5.41, 5.74) is 2.18. The van der Waals surface area contributed by atoms with Crippen LogP contribution < -0.4 is 10.1 Å². The molecule has 0 aliphatic carbocycles. The molecule has 1 rings (SSSR count). The van der Waals surface area contributed by atoms with E-state index < -0.39 is 5.60 Å². The summed E-state index contributed by atoms with van der Waals surface area (Å²) in [6.07, 6.45) is 0. The lowest BCUT2D eigenvalue weighted by Crippen LogP contribution is -2.39. The molecule has 0 spiro atoms. The highest BCUT2D eigenvalue weighted by molar-refractivity contribution is 5.43. The molecule has 0 amide bonds. The zero-order valence-corrected chi connectivity index (χ0v) is 12.3. The van der Waals surface area contributed by atoms with Crippen LogP contribution in [0.15, 0.2) is 12.1 Å². The molecule has 1 aromatic rings. The first-order valence-corrected chi connectivity index (χ1v) is 6.39. The lowest BCUT2D eigenvalue weighted by atomic mass is 9.90. The van der Waals surface area contributed by atoms with Gasteiger partial charge in [-0.25, -0.2) is 0 Å². The third-order valence-corrected chi connectivity index (χ3v) is 3.18. The van der Waals surface area contributed by atoms with E-state index in [9.17, 15) is 5.11 Å². The van der Waals surface area contributed by atoms with Gasteiger partial charge >= 0.3 is 0 Å². The predicted molar refractivity (Wildman–Crippen MR) is 75.2 cm³/mol. The molecule has 0 saturated carbocycles. The van der Waals surface area contributed by atoms with E-state index >= 15 is 0 Å². The minimum atomic E-state index is -0.870. The van der Waals surface area contributed by atoms with Crippen molar-refractivity contribution in [3.63, 3.8) is 0 Å². The van der Waals surface area contributed by atoms with Gasteiger partial charge in [0.15, 0.2) is 0 Å². The molecule has 102 valence electrons. The van der Waals surface area contributed by atoms with E-state index in [0.717, 1.165) is 22.4 Å². The van der Waals surface area contributed by atoms with Crippen LogP contribution in [-0.4, -0.2) is 24.8 Å². The van der Waals surface area contributed by atoms with Gasteiger partial charge in [0, 0.05) is 12.6 Å². The smallest absolute Gasteiger partial charge is 0.122 e. The molecule has 0 fully saturated rings. The number of rotatable bonds is 5. The van der Waals surface area contributed by atoms with E-state index in [2.05, 4.69) is 19.2 Å². The van der Waals surface area contributed by atoms with E-state index in [1.54, 1.807) is 7.11 Å². The Balaban J connectivity index is 3.04. The van der Waals surface area contributed by atoms with Gasteiger partial charge in [-0.15, -0.1) is 0 Å². The van der Waals surface area contributed by atoms with Crippen molar-refractivity contribution in [3.8, 4) is 5.75 Å². The fourth-order valence-electron chi connectivity index (χ4n) is 2.09. The number of aryl methyl sites for hydroxylation is 2. The van der Waals surface area contributed by atoms with Crippen molar-refractivity contribution in [3.05, 3.63) is 28.8 Å². The number of methoxy groups -OCH3 is 1. The van der Waals surface area contributed by atoms with Crippen molar-refractivity contribution in [1.82, 2.24) is 5.32 Å². The highest BCUT2D eigenvalue weighted by atomic mass is 16.5. The number of nitrogens with one attached hydrogen (secondary N) is 1. The van der Waals surface area contributed by atoms with Crippen LogP contribution in [0.5, 0.6) is 5.75 Å². The lowest BCUT2D eigenvalue weighted by molar-refractivity contribution is 0.0542. The van der Waals surface area contributed by atoms with E-state index in [0.29, 0.717) is 12.6 Å². The molecule has 2 N–H and O–H groups in total. The zero-order valence-electron chi connectivity index (χ0n) is 12.3. The normalized spacial score (nSPS) is 14.7. The summed E-state index contributed by atoms with van der Waals surface area (Å²) < 4.78 is 5.29. The van der Waals surface area contributed by atoms with Gasteiger partial charge in [-0.3, -0.25) is 0 Å². The first-order valence-electron chi connectivity index (χ1n) is 6.39. The van der Waals surface area contributed by atoms with Crippen LogP contribution in [0.25, 0.3) is 0 Å². The van der Waals surface area contributed by atoms with Gasteiger partial charge < -0.3 is 15.2 Å². The third kappa shape index (κ3) is 3.47. The summed E-state index contributed by atoms with van der Waals surface area (Å²) in [4.78, 5) is 0. The van der Waals surface area contributed by atoms with Gasteiger partial charge in [-0.2, -0.15) is 0 Å². The van der Waals surface area contributed by atoms with Gasteiger partial charge in [-0.1, -0.05) is 13.8 Å². The van der Waals surface area contributed by atoms with E-state index in [-0.39, 0.29) is 0 Å². The maximum absolute atomic E-state index is 10.6. The quantitative estimate of drug-likeness (QED) is 0.845. The van der Waals surface area contributed by atoms with Crippen LogP contribution in [0.4, 0.5) is 0 Å². The maximum Gasteiger partial charge on any atom is 0.122 e. The monoisotopic (exact) mass is 251 g/mol. The molecule has 0 radical (unpaired) electrons. The fraction of sp³-hybridized carbons (Fsp3) is 0.600. The number of aliphatic hydroxyl groups is 1. The van der Waals surface area contributed by atoms with Crippen LogP contribution >= 0.6 is 0 Å². The molecule has 0 aliphatic rings. The molecule has 0 aliphatic heterocycles. The summed E-state index contributed by atoms with van der Waals surface area (Å²) in [5.74, 6) is 0.865. The Kier molecular flexibility index (Phi) is 4.77. The summed E-state index contributed by atoms with van der Waals surface area (Å²) in [5, 5.41) is 13.9. The van der Waals surface area contributed by atoms with Gasteiger partial charge in [0.1, 0.15) is 5.75 Å². The van der Waals surface area contributed by atoms with Gasteiger partial charge in [0.05, 0.1) is 12.7 Å². The lowest BCUT2D eigenvalue weighted by Gasteiger charge is -2.28. The standard InChI is InChI=1S/C15H25NO2/c1-10(2)16-9-15(5,17)13-7-12(4)14(18-6)8-11(13)3/h7-8,10,16-17H,9H2,1-6H3. The molecular formula is C15H25NO2. The van der Waals surface area contributed by atoms with Crippen LogP contribution in [-0.2, 0) is 5.60 Å². The molecule has 0 aromatic heterocycles. The zero-order chi connectivity index (χ0) is 13.9. The Bertz CT molecular complexity index is 411. The number of hydrogen-bond donors (Lipinski definition) is 2. The Morgan fingerprint density at radius 2 is 1.89 bits per heavy atom. The average Bonchev–Trinajstić information content (AvgIpc) is 2.29. The largest absolute Gasteiger partial charge is 0.496 e. The van der Waals surface area contributed by atoms with Crippen molar-refractivity contribution in [2.24, 2.45) is 0 Å². The second-order valence-corrected chi connectivity index (χ2v) is 5.45. The van der Waals surface area contributed by atoms with E-state index in [4.69, 9.17) is 4.74 Å². The van der Waals surface area contributed by atoms with Gasteiger partial charge in [0.2, 0.25) is 0 Å². The minimum absolute atomic E-state index is 0.358. The van der Waals surface area contributed by atoms with Crippen LogP contribution in [0, 0.1) is 13.8 Å². The molecule has 3 nitrogen and oxygen atoms in total.